The normalized spacial score (nSPS) is 11.8. The Hall–Kier alpha value is -2.71. The van der Waals surface area contributed by atoms with Crippen molar-refractivity contribution in [2.75, 3.05) is 0 Å². The number of aromatic nitrogens is 4. The Balaban J connectivity index is 1.60. The van der Waals surface area contributed by atoms with Crippen LogP contribution in [0, 0.1) is 12.8 Å². The first-order chi connectivity index (χ1) is 15.2. The molecule has 7 nitrogen and oxygen atoms in total. The van der Waals surface area contributed by atoms with E-state index in [-0.39, 0.29) is 18.5 Å². The van der Waals surface area contributed by atoms with Gasteiger partial charge in [0.05, 0.1) is 27.7 Å². The van der Waals surface area contributed by atoms with E-state index in [1.807, 2.05) is 49.7 Å². The van der Waals surface area contributed by atoms with Gasteiger partial charge in [0.2, 0.25) is 11.8 Å². The number of rotatable bonds is 7. The van der Waals surface area contributed by atoms with E-state index < -0.39 is 0 Å². The molecule has 0 aliphatic heterocycles. The van der Waals surface area contributed by atoms with Gasteiger partial charge >= 0.3 is 0 Å². The van der Waals surface area contributed by atoms with Gasteiger partial charge in [-0.2, -0.15) is 5.10 Å². The summed E-state index contributed by atoms with van der Waals surface area (Å²) in [4.78, 5) is 16.9. The van der Waals surface area contributed by atoms with E-state index in [1.165, 1.54) is 11.3 Å². The predicted octanol–water partition coefficient (Wildman–Crippen LogP) is 5.82. The van der Waals surface area contributed by atoms with Crippen molar-refractivity contribution in [1.29, 1.82) is 0 Å². The van der Waals surface area contributed by atoms with Gasteiger partial charge in [0.25, 0.3) is 5.91 Å². The van der Waals surface area contributed by atoms with Crippen molar-refractivity contribution in [1.82, 2.24) is 24.9 Å². The zero-order valence-corrected chi connectivity index (χ0v) is 20.4. The van der Waals surface area contributed by atoms with Crippen LogP contribution in [0.25, 0.3) is 21.7 Å². The number of hydrogen-bond acceptors (Lipinski definition) is 6. The Bertz CT molecular complexity index is 1260. The quantitative estimate of drug-likeness (QED) is 0.339. The lowest BCUT2D eigenvalue weighted by molar-refractivity contribution is 0.0677. The molecular weight excluding hydrogens is 446 g/mol. The zero-order valence-electron chi connectivity index (χ0n) is 18.8. The van der Waals surface area contributed by atoms with Crippen LogP contribution >= 0.6 is 22.9 Å². The number of halogens is 1. The van der Waals surface area contributed by atoms with Crippen LogP contribution in [0.2, 0.25) is 5.02 Å². The Morgan fingerprint density at radius 3 is 2.66 bits per heavy atom. The molecule has 0 saturated carbocycles. The summed E-state index contributed by atoms with van der Waals surface area (Å²) < 4.78 is 7.84. The topological polar surface area (TPSA) is 77.1 Å². The van der Waals surface area contributed by atoms with Crippen LogP contribution in [-0.4, -0.2) is 36.8 Å². The van der Waals surface area contributed by atoms with Gasteiger partial charge in [0.1, 0.15) is 4.83 Å². The average molecular weight is 472 g/mol. The summed E-state index contributed by atoms with van der Waals surface area (Å²) in [6.45, 7) is 11.3. The molecule has 32 heavy (non-hydrogen) atoms. The predicted molar refractivity (Wildman–Crippen MR) is 127 cm³/mol. The van der Waals surface area contributed by atoms with E-state index in [4.69, 9.17) is 16.0 Å². The molecular formula is C23H26ClN5O2S. The molecule has 4 rings (SSSR count). The minimum Gasteiger partial charge on any atom is -0.419 e. The molecule has 168 valence electrons. The van der Waals surface area contributed by atoms with E-state index in [0.29, 0.717) is 33.2 Å². The van der Waals surface area contributed by atoms with Crippen LogP contribution in [0.5, 0.6) is 0 Å². The summed E-state index contributed by atoms with van der Waals surface area (Å²) in [7, 11) is 0. The summed E-state index contributed by atoms with van der Waals surface area (Å²) in [6, 6.07) is 9.20. The molecule has 3 heterocycles. The summed E-state index contributed by atoms with van der Waals surface area (Å²) in [6.07, 6.45) is 0. The Morgan fingerprint density at radius 1 is 1.22 bits per heavy atom. The molecule has 1 amide bonds. The molecule has 0 N–H and O–H groups in total. The monoisotopic (exact) mass is 471 g/mol. The molecule has 1 aromatic carbocycles. The minimum absolute atomic E-state index is 0.0448. The van der Waals surface area contributed by atoms with Crippen LogP contribution in [0.3, 0.4) is 0 Å². The number of aryl methyl sites for hydroxylation is 1. The highest BCUT2D eigenvalue weighted by Crippen LogP contribution is 2.31. The molecule has 0 radical (unpaired) electrons. The fourth-order valence-corrected chi connectivity index (χ4v) is 4.87. The first-order valence-corrected chi connectivity index (χ1v) is 11.8. The SMILES string of the molecule is Cc1nn(CC(C)C)c2sc(C(=O)N(Cc3nnc(-c4ccccc4Cl)o3)C(C)C)cc12. The standard InChI is InChI=1S/C23H26ClN5O2S/c1-13(2)11-29-23-17(15(5)27-29)10-19(32-23)22(30)28(14(3)4)12-20-25-26-21(31-20)16-8-6-7-9-18(16)24/h6-10,13-14H,11-12H2,1-5H3. The fourth-order valence-electron chi connectivity index (χ4n) is 3.52. The van der Waals surface area contributed by atoms with Crippen LogP contribution in [-0.2, 0) is 13.1 Å². The third-order valence-electron chi connectivity index (χ3n) is 5.12. The summed E-state index contributed by atoms with van der Waals surface area (Å²) in [5, 5.41) is 14.5. The molecule has 9 heteroatoms. The summed E-state index contributed by atoms with van der Waals surface area (Å²) in [5.41, 5.74) is 1.61. The highest BCUT2D eigenvalue weighted by Gasteiger charge is 2.25. The second-order valence-corrected chi connectivity index (χ2v) is 9.94. The molecule has 0 fully saturated rings. The maximum absolute atomic E-state index is 13.4. The summed E-state index contributed by atoms with van der Waals surface area (Å²) in [5.74, 6) is 1.11. The lowest BCUT2D eigenvalue weighted by atomic mass is 10.2. The van der Waals surface area contributed by atoms with E-state index in [0.717, 1.165) is 22.5 Å². The lowest BCUT2D eigenvalue weighted by Crippen LogP contribution is -2.36. The fraction of sp³-hybridized carbons (Fsp3) is 0.391. The summed E-state index contributed by atoms with van der Waals surface area (Å²) >= 11 is 7.72. The van der Waals surface area contributed by atoms with Gasteiger partial charge in [0, 0.05) is 18.0 Å². The van der Waals surface area contributed by atoms with Gasteiger partial charge in [-0.25, -0.2) is 0 Å². The maximum atomic E-state index is 13.4. The third-order valence-corrected chi connectivity index (χ3v) is 6.58. The number of hydrogen-bond donors (Lipinski definition) is 0. The number of amides is 1. The molecule has 0 spiro atoms. The van der Waals surface area contributed by atoms with Gasteiger partial charge in [-0.15, -0.1) is 21.5 Å². The highest BCUT2D eigenvalue weighted by atomic mass is 35.5. The van der Waals surface area contributed by atoms with E-state index in [1.54, 1.807) is 11.0 Å². The van der Waals surface area contributed by atoms with Crippen LogP contribution in [0.4, 0.5) is 0 Å². The van der Waals surface area contributed by atoms with Crippen molar-refractivity contribution in [3.63, 3.8) is 0 Å². The van der Waals surface area contributed by atoms with E-state index in [2.05, 4.69) is 29.1 Å². The minimum atomic E-state index is -0.0609. The highest BCUT2D eigenvalue weighted by molar-refractivity contribution is 7.20. The van der Waals surface area contributed by atoms with Gasteiger partial charge in [-0.1, -0.05) is 37.6 Å². The second-order valence-electron chi connectivity index (χ2n) is 8.50. The van der Waals surface area contributed by atoms with Gasteiger partial charge in [-0.3, -0.25) is 9.48 Å². The van der Waals surface area contributed by atoms with Gasteiger partial charge in [0.15, 0.2) is 0 Å². The van der Waals surface area contributed by atoms with Crippen LogP contribution in [0.15, 0.2) is 34.7 Å². The molecule has 4 aromatic rings. The molecule has 0 unspecified atom stereocenters. The number of thiophene rings is 1. The third kappa shape index (κ3) is 4.42. The van der Waals surface area contributed by atoms with E-state index >= 15 is 0 Å². The zero-order chi connectivity index (χ0) is 23.0. The van der Waals surface area contributed by atoms with Crippen molar-refractivity contribution in [3.05, 3.63) is 51.8 Å². The van der Waals surface area contributed by atoms with Gasteiger partial charge < -0.3 is 9.32 Å². The molecule has 0 aliphatic carbocycles. The van der Waals surface area contributed by atoms with Crippen molar-refractivity contribution in [3.8, 4) is 11.5 Å². The van der Waals surface area contributed by atoms with Crippen molar-refractivity contribution >= 4 is 39.1 Å². The first-order valence-electron chi connectivity index (χ1n) is 10.6. The molecule has 0 atom stereocenters. The largest absolute Gasteiger partial charge is 0.419 e. The second kappa shape index (κ2) is 9.03. The van der Waals surface area contributed by atoms with Crippen LogP contribution in [0.1, 0.15) is 49.0 Å². The molecule has 3 aromatic heterocycles. The van der Waals surface area contributed by atoms with Gasteiger partial charge in [-0.05, 0) is 44.9 Å². The average Bonchev–Trinajstić information content (AvgIpc) is 3.43. The number of fused-ring (bicyclic) bond motifs is 1. The van der Waals surface area contributed by atoms with Crippen molar-refractivity contribution in [2.45, 2.75) is 53.8 Å². The molecule has 0 bridgehead atoms. The van der Waals surface area contributed by atoms with Crippen molar-refractivity contribution < 1.29 is 9.21 Å². The smallest absolute Gasteiger partial charge is 0.264 e. The number of benzene rings is 1. The molecule has 0 saturated heterocycles. The first kappa shape index (κ1) is 22.5. The Kier molecular flexibility index (Phi) is 6.35. The van der Waals surface area contributed by atoms with Crippen LogP contribution < -0.4 is 0 Å². The lowest BCUT2D eigenvalue weighted by Gasteiger charge is -2.24. The molecule has 0 aliphatic rings. The van der Waals surface area contributed by atoms with E-state index in [9.17, 15) is 4.79 Å². The van der Waals surface area contributed by atoms with Crippen molar-refractivity contribution in [2.24, 2.45) is 5.92 Å². The number of nitrogens with zero attached hydrogens (tertiary/aromatic N) is 5. The number of carbonyl (C=O) groups is 1. The number of carbonyl (C=O) groups excluding carboxylic acids is 1. The Morgan fingerprint density at radius 2 is 1.97 bits per heavy atom. The Labute approximate surface area is 196 Å². The maximum Gasteiger partial charge on any atom is 0.264 e.